The second kappa shape index (κ2) is 7.24. The van der Waals surface area contributed by atoms with Gasteiger partial charge in [0.2, 0.25) is 0 Å². The van der Waals surface area contributed by atoms with Crippen LogP contribution in [0.4, 0.5) is 4.39 Å². The number of carbonyl (C=O) groups is 1. The number of methoxy groups -OCH3 is 1. The Kier molecular flexibility index (Phi) is 6.26. The van der Waals surface area contributed by atoms with Crippen molar-refractivity contribution < 1.29 is 13.9 Å². The van der Waals surface area contributed by atoms with E-state index in [1.54, 1.807) is 6.07 Å². The lowest BCUT2D eigenvalue weighted by molar-refractivity contribution is 0.0908. The summed E-state index contributed by atoms with van der Waals surface area (Å²) < 4.78 is 18.8. The van der Waals surface area contributed by atoms with Crippen LogP contribution in [-0.4, -0.2) is 29.2 Å². The SMILES string of the molecule is CCC(CBr)(CBr)NC(=O)c1c(F)cccc1OC. The van der Waals surface area contributed by atoms with Gasteiger partial charge in [-0.15, -0.1) is 0 Å². The van der Waals surface area contributed by atoms with E-state index in [1.165, 1.54) is 19.2 Å². The highest BCUT2D eigenvalue weighted by atomic mass is 79.9. The monoisotopic (exact) mass is 395 g/mol. The molecule has 0 bridgehead atoms. The lowest BCUT2D eigenvalue weighted by atomic mass is 10.0. The van der Waals surface area contributed by atoms with E-state index in [2.05, 4.69) is 37.2 Å². The molecule has 0 aliphatic rings. The molecule has 0 saturated heterocycles. The molecule has 0 spiro atoms. The molecule has 3 nitrogen and oxygen atoms in total. The largest absolute Gasteiger partial charge is 0.496 e. The molecule has 0 heterocycles. The van der Waals surface area contributed by atoms with Crippen molar-refractivity contribution in [1.29, 1.82) is 0 Å². The average molecular weight is 397 g/mol. The number of ether oxygens (including phenoxy) is 1. The van der Waals surface area contributed by atoms with Crippen LogP contribution in [0.25, 0.3) is 0 Å². The molecule has 0 aliphatic carbocycles. The summed E-state index contributed by atoms with van der Waals surface area (Å²) in [6.45, 7) is 1.96. The molecule has 6 heteroatoms. The number of alkyl halides is 2. The molecule has 0 atom stereocenters. The quantitative estimate of drug-likeness (QED) is 0.747. The molecule has 1 aromatic carbocycles. The van der Waals surface area contributed by atoms with Gasteiger partial charge in [-0.1, -0.05) is 44.8 Å². The van der Waals surface area contributed by atoms with Crippen LogP contribution in [0.3, 0.4) is 0 Å². The third-order valence-electron chi connectivity index (χ3n) is 2.99. The fourth-order valence-electron chi connectivity index (χ4n) is 1.58. The second-order valence-corrected chi connectivity index (χ2v) is 5.29. The van der Waals surface area contributed by atoms with Gasteiger partial charge in [-0.25, -0.2) is 4.39 Å². The van der Waals surface area contributed by atoms with Gasteiger partial charge >= 0.3 is 0 Å². The van der Waals surface area contributed by atoms with Crippen LogP contribution >= 0.6 is 31.9 Å². The maximum atomic E-state index is 13.8. The fourth-order valence-corrected chi connectivity index (χ4v) is 3.58. The van der Waals surface area contributed by atoms with E-state index in [0.29, 0.717) is 17.1 Å². The van der Waals surface area contributed by atoms with Crippen molar-refractivity contribution in [3.05, 3.63) is 29.6 Å². The normalized spacial score (nSPS) is 11.2. The minimum atomic E-state index is -0.592. The molecule has 0 saturated carbocycles. The molecular formula is C13H16Br2FNO2. The van der Waals surface area contributed by atoms with Crippen LogP contribution in [0, 0.1) is 5.82 Å². The van der Waals surface area contributed by atoms with Crippen molar-refractivity contribution in [3.8, 4) is 5.75 Å². The zero-order chi connectivity index (χ0) is 14.5. The molecule has 1 rings (SSSR count). The first-order valence-corrected chi connectivity index (χ1v) is 8.04. The van der Waals surface area contributed by atoms with Gasteiger partial charge in [0, 0.05) is 10.7 Å². The Hall–Kier alpha value is -0.620. The predicted octanol–water partition coefficient (Wildman–Crippen LogP) is 3.50. The summed E-state index contributed by atoms with van der Waals surface area (Å²) in [5, 5.41) is 4.01. The lowest BCUT2D eigenvalue weighted by Gasteiger charge is -2.30. The third kappa shape index (κ3) is 3.69. The summed E-state index contributed by atoms with van der Waals surface area (Å²) in [6.07, 6.45) is 0.714. The van der Waals surface area contributed by atoms with Gasteiger partial charge < -0.3 is 10.1 Å². The van der Waals surface area contributed by atoms with E-state index in [0.717, 1.165) is 0 Å². The standard InChI is InChI=1S/C13H16Br2FNO2/c1-3-13(7-14,8-15)17-12(18)11-9(16)5-4-6-10(11)19-2/h4-6H,3,7-8H2,1-2H3,(H,17,18). The first-order valence-electron chi connectivity index (χ1n) is 5.80. The second-order valence-electron chi connectivity index (χ2n) is 4.17. The summed E-state index contributed by atoms with van der Waals surface area (Å²) in [5.41, 5.74) is -0.519. The Labute approximate surface area is 129 Å². The molecule has 106 valence electrons. The zero-order valence-electron chi connectivity index (χ0n) is 10.8. The predicted molar refractivity (Wildman–Crippen MR) is 81.0 cm³/mol. The van der Waals surface area contributed by atoms with Crippen molar-refractivity contribution in [1.82, 2.24) is 5.32 Å². The Morgan fingerprint density at radius 3 is 2.53 bits per heavy atom. The first kappa shape index (κ1) is 16.4. The molecule has 0 aliphatic heterocycles. The van der Waals surface area contributed by atoms with E-state index in [-0.39, 0.29) is 11.3 Å². The summed E-state index contributed by atoms with van der Waals surface area (Å²) >= 11 is 6.76. The first-order chi connectivity index (χ1) is 9.03. The van der Waals surface area contributed by atoms with E-state index in [4.69, 9.17) is 4.74 Å². The van der Waals surface area contributed by atoms with Crippen LogP contribution in [0.1, 0.15) is 23.7 Å². The Bertz CT molecular complexity index is 442. The van der Waals surface area contributed by atoms with Gasteiger partial charge in [0.25, 0.3) is 5.91 Å². The molecule has 0 unspecified atom stereocenters. The molecule has 0 aromatic heterocycles. The summed E-state index contributed by atoms with van der Waals surface area (Å²) in [7, 11) is 1.41. The molecule has 1 amide bonds. The zero-order valence-corrected chi connectivity index (χ0v) is 14.0. The number of hydrogen-bond donors (Lipinski definition) is 1. The van der Waals surface area contributed by atoms with Crippen molar-refractivity contribution in [2.45, 2.75) is 18.9 Å². The molecule has 19 heavy (non-hydrogen) atoms. The highest BCUT2D eigenvalue weighted by Crippen LogP contribution is 2.23. The molecular weight excluding hydrogens is 381 g/mol. The van der Waals surface area contributed by atoms with Gasteiger partial charge in [-0.2, -0.15) is 0 Å². The van der Waals surface area contributed by atoms with E-state index >= 15 is 0 Å². The van der Waals surface area contributed by atoms with Gasteiger partial charge in [0.1, 0.15) is 17.1 Å². The van der Waals surface area contributed by atoms with Crippen molar-refractivity contribution in [2.24, 2.45) is 0 Å². The number of rotatable bonds is 6. The fraction of sp³-hybridized carbons (Fsp3) is 0.462. The van der Waals surface area contributed by atoms with Crippen LogP contribution in [-0.2, 0) is 0 Å². The van der Waals surface area contributed by atoms with Crippen LogP contribution < -0.4 is 10.1 Å². The lowest BCUT2D eigenvalue weighted by Crippen LogP contribution is -2.51. The summed E-state index contributed by atoms with van der Waals surface area (Å²) in [6, 6.07) is 4.31. The summed E-state index contributed by atoms with van der Waals surface area (Å²) in [4.78, 5) is 12.3. The summed E-state index contributed by atoms with van der Waals surface area (Å²) in [5.74, 6) is -0.839. The number of halogens is 3. The molecule has 0 fully saturated rings. The highest BCUT2D eigenvalue weighted by Gasteiger charge is 2.30. The smallest absolute Gasteiger partial charge is 0.258 e. The van der Waals surface area contributed by atoms with Crippen LogP contribution in [0.2, 0.25) is 0 Å². The van der Waals surface area contributed by atoms with E-state index in [9.17, 15) is 9.18 Å². The number of amides is 1. The average Bonchev–Trinajstić information content (AvgIpc) is 2.44. The maximum absolute atomic E-state index is 13.8. The topological polar surface area (TPSA) is 38.3 Å². The number of benzene rings is 1. The minimum absolute atomic E-state index is 0.0651. The highest BCUT2D eigenvalue weighted by molar-refractivity contribution is 9.09. The van der Waals surface area contributed by atoms with Gasteiger partial charge in [-0.05, 0) is 18.6 Å². The van der Waals surface area contributed by atoms with Crippen LogP contribution in [0.5, 0.6) is 5.75 Å². The van der Waals surface area contributed by atoms with Gasteiger partial charge in [-0.3, -0.25) is 4.79 Å². The number of hydrogen-bond acceptors (Lipinski definition) is 2. The van der Waals surface area contributed by atoms with Crippen molar-refractivity contribution in [2.75, 3.05) is 17.8 Å². The van der Waals surface area contributed by atoms with Gasteiger partial charge in [0.15, 0.2) is 0 Å². The molecule has 1 aromatic rings. The Morgan fingerprint density at radius 2 is 2.05 bits per heavy atom. The van der Waals surface area contributed by atoms with Crippen molar-refractivity contribution in [3.63, 3.8) is 0 Å². The Morgan fingerprint density at radius 1 is 1.42 bits per heavy atom. The van der Waals surface area contributed by atoms with E-state index < -0.39 is 17.3 Å². The third-order valence-corrected chi connectivity index (χ3v) is 5.14. The number of carbonyl (C=O) groups excluding carboxylic acids is 1. The van der Waals surface area contributed by atoms with Gasteiger partial charge in [0.05, 0.1) is 12.6 Å². The van der Waals surface area contributed by atoms with E-state index in [1.807, 2.05) is 6.92 Å². The van der Waals surface area contributed by atoms with Crippen LogP contribution in [0.15, 0.2) is 18.2 Å². The maximum Gasteiger partial charge on any atom is 0.258 e. The van der Waals surface area contributed by atoms with Crippen molar-refractivity contribution >= 4 is 37.8 Å². The number of nitrogens with one attached hydrogen (secondary N) is 1. The molecule has 1 N–H and O–H groups in total. The molecule has 0 radical (unpaired) electrons. The minimum Gasteiger partial charge on any atom is -0.496 e. The Balaban J connectivity index is 3.07.